The van der Waals surface area contributed by atoms with E-state index < -0.39 is 0 Å². The fourth-order valence-corrected chi connectivity index (χ4v) is 3.19. The van der Waals surface area contributed by atoms with E-state index >= 15 is 0 Å². The quantitative estimate of drug-likeness (QED) is 0.524. The molecule has 5 heterocycles. The molecule has 2 N–H and O–H groups in total. The molecule has 0 aliphatic carbocycles. The van der Waals surface area contributed by atoms with Gasteiger partial charge < -0.3 is 14.7 Å². The van der Waals surface area contributed by atoms with E-state index in [-0.39, 0.29) is 0 Å². The van der Waals surface area contributed by atoms with Gasteiger partial charge in [0.1, 0.15) is 11.8 Å². The molecule has 26 heavy (non-hydrogen) atoms. The van der Waals surface area contributed by atoms with Crippen molar-refractivity contribution in [2.24, 2.45) is 0 Å². The molecule has 0 aromatic carbocycles. The first-order valence-corrected chi connectivity index (χ1v) is 8.28. The summed E-state index contributed by atoms with van der Waals surface area (Å²) >= 11 is 0. The van der Waals surface area contributed by atoms with Gasteiger partial charge in [-0.25, -0.2) is 15.0 Å². The summed E-state index contributed by atoms with van der Waals surface area (Å²) in [5.41, 5.74) is 5.77. The van der Waals surface area contributed by atoms with E-state index in [9.17, 15) is 0 Å². The Labute approximate surface area is 148 Å². The number of pyridine rings is 2. The van der Waals surface area contributed by atoms with Gasteiger partial charge in [-0.05, 0) is 29.8 Å². The fourth-order valence-electron chi connectivity index (χ4n) is 3.19. The standard InChI is InChI=1S/C19H15N7/c1-3-7-20-14(5-1)16-13(10-26-8-4-2-6-15(16)26)9-21-18-17-19(23-11-22-17)25-12-24-18/h1-8,10-12H,9H2,(H2,21,22,23,24,25). The zero-order valence-corrected chi connectivity index (χ0v) is 13.8. The Balaban J connectivity index is 1.58. The van der Waals surface area contributed by atoms with Crippen LogP contribution in [-0.2, 0) is 6.54 Å². The van der Waals surface area contributed by atoms with Crippen LogP contribution >= 0.6 is 0 Å². The molecule has 7 heteroatoms. The smallest absolute Gasteiger partial charge is 0.162 e. The van der Waals surface area contributed by atoms with Crippen LogP contribution in [0.4, 0.5) is 5.82 Å². The maximum atomic E-state index is 4.54. The molecule has 0 bridgehead atoms. The van der Waals surface area contributed by atoms with Crippen LogP contribution in [0.1, 0.15) is 5.56 Å². The van der Waals surface area contributed by atoms with Crippen LogP contribution in [0.5, 0.6) is 0 Å². The molecular formula is C19H15N7. The number of anilines is 1. The van der Waals surface area contributed by atoms with Gasteiger partial charge in [0.05, 0.1) is 17.5 Å². The molecule has 0 unspecified atom stereocenters. The number of aromatic amines is 1. The van der Waals surface area contributed by atoms with Crippen molar-refractivity contribution in [2.45, 2.75) is 6.54 Å². The SMILES string of the molecule is c1ccc(-c2c(CNc3ncnc4[nH]cnc34)cn3ccccc23)nc1. The Morgan fingerprint density at radius 1 is 1.00 bits per heavy atom. The minimum atomic E-state index is 0.604. The highest BCUT2D eigenvalue weighted by molar-refractivity contribution is 5.84. The van der Waals surface area contributed by atoms with Crippen LogP contribution in [0.15, 0.2) is 67.6 Å². The van der Waals surface area contributed by atoms with Crippen molar-refractivity contribution >= 4 is 22.5 Å². The van der Waals surface area contributed by atoms with E-state index in [1.807, 2.05) is 42.7 Å². The molecule has 5 rings (SSSR count). The van der Waals surface area contributed by atoms with E-state index in [0.29, 0.717) is 12.4 Å². The number of imidazole rings is 1. The Hall–Kier alpha value is -3.74. The van der Waals surface area contributed by atoms with Crippen molar-refractivity contribution in [3.8, 4) is 11.3 Å². The lowest BCUT2D eigenvalue weighted by Crippen LogP contribution is -2.03. The van der Waals surface area contributed by atoms with Crippen molar-refractivity contribution in [1.82, 2.24) is 29.3 Å². The number of hydrogen-bond acceptors (Lipinski definition) is 5. The van der Waals surface area contributed by atoms with Crippen LogP contribution < -0.4 is 5.32 Å². The first-order valence-electron chi connectivity index (χ1n) is 8.28. The van der Waals surface area contributed by atoms with Crippen LogP contribution in [0.2, 0.25) is 0 Å². The molecule has 5 aromatic rings. The molecule has 0 atom stereocenters. The predicted octanol–water partition coefficient (Wildman–Crippen LogP) is 3.28. The maximum Gasteiger partial charge on any atom is 0.162 e. The summed E-state index contributed by atoms with van der Waals surface area (Å²) in [6.45, 7) is 0.604. The highest BCUT2D eigenvalue weighted by atomic mass is 15.1. The molecule has 0 aliphatic rings. The van der Waals surface area contributed by atoms with E-state index in [2.05, 4.69) is 46.9 Å². The Bertz CT molecular complexity index is 1190. The van der Waals surface area contributed by atoms with Crippen LogP contribution in [-0.4, -0.2) is 29.3 Å². The molecule has 7 nitrogen and oxygen atoms in total. The largest absolute Gasteiger partial charge is 0.364 e. The molecule has 126 valence electrons. The monoisotopic (exact) mass is 341 g/mol. The van der Waals surface area contributed by atoms with Crippen molar-refractivity contribution < 1.29 is 0 Å². The Morgan fingerprint density at radius 3 is 2.88 bits per heavy atom. The van der Waals surface area contributed by atoms with Crippen LogP contribution in [0, 0.1) is 0 Å². The summed E-state index contributed by atoms with van der Waals surface area (Å²) in [7, 11) is 0. The van der Waals surface area contributed by atoms with E-state index in [4.69, 9.17) is 0 Å². The second-order valence-electron chi connectivity index (χ2n) is 5.91. The normalized spacial score (nSPS) is 11.2. The minimum absolute atomic E-state index is 0.604. The summed E-state index contributed by atoms with van der Waals surface area (Å²) in [4.78, 5) is 20.3. The van der Waals surface area contributed by atoms with Gasteiger partial charge in [-0.3, -0.25) is 4.98 Å². The Kier molecular flexibility index (Phi) is 3.35. The summed E-state index contributed by atoms with van der Waals surface area (Å²) in [6.07, 6.45) is 9.13. The molecule has 0 radical (unpaired) electrons. The topological polar surface area (TPSA) is 83.8 Å². The van der Waals surface area contributed by atoms with Gasteiger partial charge in [0, 0.05) is 30.7 Å². The van der Waals surface area contributed by atoms with Gasteiger partial charge in [-0.2, -0.15) is 0 Å². The van der Waals surface area contributed by atoms with E-state index in [1.165, 1.54) is 6.33 Å². The highest BCUT2D eigenvalue weighted by Gasteiger charge is 2.14. The third-order valence-corrected chi connectivity index (χ3v) is 4.35. The lowest BCUT2D eigenvalue weighted by atomic mass is 10.1. The first kappa shape index (κ1) is 14.6. The maximum absolute atomic E-state index is 4.54. The van der Waals surface area contributed by atoms with Crippen molar-refractivity contribution in [3.05, 3.63) is 73.2 Å². The number of fused-ring (bicyclic) bond motifs is 2. The molecule has 5 aromatic heterocycles. The average Bonchev–Trinajstić information content (AvgIpc) is 3.31. The van der Waals surface area contributed by atoms with Gasteiger partial charge in [0.2, 0.25) is 0 Å². The second kappa shape index (κ2) is 5.96. The van der Waals surface area contributed by atoms with Gasteiger partial charge in [-0.15, -0.1) is 0 Å². The first-order chi connectivity index (χ1) is 12.9. The third kappa shape index (κ3) is 2.37. The van der Waals surface area contributed by atoms with Crippen molar-refractivity contribution in [1.29, 1.82) is 0 Å². The fraction of sp³-hybridized carbons (Fsp3) is 0.0526. The zero-order valence-electron chi connectivity index (χ0n) is 13.8. The minimum Gasteiger partial charge on any atom is -0.364 e. The number of H-pyrrole nitrogens is 1. The van der Waals surface area contributed by atoms with Crippen molar-refractivity contribution in [3.63, 3.8) is 0 Å². The molecule has 0 saturated heterocycles. The summed E-state index contributed by atoms with van der Waals surface area (Å²) in [6, 6.07) is 12.1. The molecular weight excluding hydrogens is 326 g/mol. The zero-order chi connectivity index (χ0) is 17.3. The lowest BCUT2D eigenvalue weighted by molar-refractivity contribution is 1.09. The molecule has 0 saturated carbocycles. The summed E-state index contributed by atoms with van der Waals surface area (Å²) in [5, 5.41) is 3.39. The number of nitrogens with one attached hydrogen (secondary N) is 2. The third-order valence-electron chi connectivity index (χ3n) is 4.35. The van der Waals surface area contributed by atoms with Gasteiger partial charge in [0.15, 0.2) is 11.5 Å². The van der Waals surface area contributed by atoms with Gasteiger partial charge >= 0.3 is 0 Å². The summed E-state index contributed by atoms with van der Waals surface area (Å²) in [5.74, 6) is 0.707. The van der Waals surface area contributed by atoms with Gasteiger partial charge in [-0.1, -0.05) is 12.1 Å². The predicted molar refractivity (Wildman–Crippen MR) is 99.6 cm³/mol. The molecule has 0 fully saturated rings. The number of nitrogens with zero attached hydrogens (tertiary/aromatic N) is 5. The average molecular weight is 341 g/mol. The van der Waals surface area contributed by atoms with Crippen LogP contribution in [0.3, 0.4) is 0 Å². The molecule has 0 spiro atoms. The molecule has 0 aliphatic heterocycles. The number of aromatic nitrogens is 6. The summed E-state index contributed by atoms with van der Waals surface area (Å²) < 4.78 is 2.12. The van der Waals surface area contributed by atoms with E-state index in [0.717, 1.165) is 33.5 Å². The lowest BCUT2D eigenvalue weighted by Gasteiger charge is -2.07. The van der Waals surface area contributed by atoms with Crippen molar-refractivity contribution in [2.75, 3.05) is 5.32 Å². The number of rotatable bonds is 4. The number of hydrogen-bond donors (Lipinski definition) is 2. The van der Waals surface area contributed by atoms with Crippen LogP contribution in [0.25, 0.3) is 27.9 Å². The second-order valence-corrected chi connectivity index (χ2v) is 5.91. The van der Waals surface area contributed by atoms with Gasteiger partial charge in [0.25, 0.3) is 0 Å². The van der Waals surface area contributed by atoms with E-state index in [1.54, 1.807) is 6.33 Å². The molecule has 0 amide bonds. The highest BCUT2D eigenvalue weighted by Crippen LogP contribution is 2.29. The Morgan fingerprint density at radius 2 is 1.96 bits per heavy atom.